The number of carbonyl (C=O) groups is 1. The minimum atomic E-state index is -0.0859. The van der Waals surface area contributed by atoms with E-state index in [1.54, 1.807) is 11.7 Å². The van der Waals surface area contributed by atoms with E-state index >= 15 is 0 Å². The SMILES string of the molecule is CCCNC1COCC1C(=O)Cc1c(C)nn(C)c1Cl. The van der Waals surface area contributed by atoms with Gasteiger partial charge in [0.25, 0.3) is 0 Å². The topological polar surface area (TPSA) is 56.1 Å². The Morgan fingerprint density at radius 2 is 2.30 bits per heavy atom. The van der Waals surface area contributed by atoms with Crippen LogP contribution in [0.3, 0.4) is 0 Å². The summed E-state index contributed by atoms with van der Waals surface area (Å²) in [4.78, 5) is 12.5. The van der Waals surface area contributed by atoms with Crippen LogP contribution in [0.25, 0.3) is 0 Å². The lowest BCUT2D eigenvalue weighted by molar-refractivity contribution is -0.122. The zero-order chi connectivity index (χ0) is 14.7. The van der Waals surface area contributed by atoms with Gasteiger partial charge in [0.05, 0.1) is 24.8 Å². The molecule has 2 unspecified atom stereocenters. The second kappa shape index (κ2) is 6.70. The number of ether oxygens (including phenoxy) is 1. The summed E-state index contributed by atoms with van der Waals surface area (Å²) in [6.07, 6.45) is 1.38. The van der Waals surface area contributed by atoms with E-state index in [4.69, 9.17) is 16.3 Å². The molecule has 0 amide bonds. The molecule has 20 heavy (non-hydrogen) atoms. The number of hydrogen-bond acceptors (Lipinski definition) is 4. The summed E-state index contributed by atoms with van der Waals surface area (Å²) in [5.41, 5.74) is 1.66. The van der Waals surface area contributed by atoms with Crippen LogP contribution in [0, 0.1) is 12.8 Å². The van der Waals surface area contributed by atoms with Crippen LogP contribution in [0.5, 0.6) is 0 Å². The van der Waals surface area contributed by atoms with Crippen LogP contribution in [-0.2, 0) is 23.0 Å². The zero-order valence-electron chi connectivity index (χ0n) is 12.3. The number of nitrogens with one attached hydrogen (secondary N) is 1. The highest BCUT2D eigenvalue weighted by atomic mass is 35.5. The van der Waals surface area contributed by atoms with Crippen LogP contribution >= 0.6 is 11.6 Å². The fourth-order valence-electron chi connectivity index (χ4n) is 2.58. The summed E-state index contributed by atoms with van der Waals surface area (Å²) in [6.45, 7) is 6.00. The number of rotatable bonds is 6. The summed E-state index contributed by atoms with van der Waals surface area (Å²) >= 11 is 6.19. The van der Waals surface area contributed by atoms with Crippen molar-refractivity contribution < 1.29 is 9.53 Å². The minimum Gasteiger partial charge on any atom is -0.379 e. The molecule has 1 saturated heterocycles. The number of halogens is 1. The number of Topliss-reactive ketones (excluding diaryl/α,β-unsaturated/α-hetero) is 1. The van der Waals surface area contributed by atoms with E-state index in [0.717, 1.165) is 24.2 Å². The first-order valence-electron chi connectivity index (χ1n) is 7.06. The number of aryl methyl sites for hydroxylation is 2. The molecule has 0 radical (unpaired) electrons. The van der Waals surface area contributed by atoms with Crippen molar-refractivity contribution in [3.05, 3.63) is 16.4 Å². The van der Waals surface area contributed by atoms with Crippen LogP contribution in [0.2, 0.25) is 5.15 Å². The molecule has 6 heteroatoms. The average Bonchev–Trinajstić information content (AvgIpc) is 2.97. The van der Waals surface area contributed by atoms with E-state index in [2.05, 4.69) is 17.3 Å². The summed E-state index contributed by atoms with van der Waals surface area (Å²) < 4.78 is 7.06. The number of nitrogens with zero attached hydrogens (tertiary/aromatic N) is 2. The predicted molar refractivity (Wildman–Crippen MR) is 78.1 cm³/mol. The summed E-state index contributed by atoms with van der Waals surface area (Å²) in [5.74, 6) is 0.0892. The van der Waals surface area contributed by atoms with E-state index in [0.29, 0.717) is 24.8 Å². The molecule has 2 rings (SSSR count). The molecule has 0 aromatic carbocycles. The number of aromatic nitrogens is 2. The second-order valence-electron chi connectivity index (χ2n) is 5.33. The average molecular weight is 300 g/mol. The van der Waals surface area contributed by atoms with Gasteiger partial charge >= 0.3 is 0 Å². The van der Waals surface area contributed by atoms with Crippen molar-refractivity contribution in [3.8, 4) is 0 Å². The van der Waals surface area contributed by atoms with Gasteiger partial charge in [0.1, 0.15) is 10.9 Å². The van der Waals surface area contributed by atoms with Gasteiger partial charge in [-0.2, -0.15) is 5.10 Å². The largest absolute Gasteiger partial charge is 0.379 e. The Bertz CT molecular complexity index is 487. The van der Waals surface area contributed by atoms with Crippen LogP contribution in [-0.4, -0.2) is 41.4 Å². The maximum absolute atomic E-state index is 12.5. The molecule has 0 bridgehead atoms. The molecule has 1 aliphatic rings. The van der Waals surface area contributed by atoms with Crippen molar-refractivity contribution in [2.45, 2.75) is 32.7 Å². The van der Waals surface area contributed by atoms with Gasteiger partial charge < -0.3 is 10.1 Å². The van der Waals surface area contributed by atoms with Crippen LogP contribution in [0.4, 0.5) is 0 Å². The number of carbonyl (C=O) groups excluding carboxylic acids is 1. The lowest BCUT2D eigenvalue weighted by Gasteiger charge is -2.17. The highest BCUT2D eigenvalue weighted by Gasteiger charge is 2.34. The standard InChI is InChI=1S/C14H22ClN3O2/c1-4-5-16-12-8-20-7-11(12)13(19)6-10-9(2)17-18(3)14(10)15/h11-12,16H,4-8H2,1-3H3. The molecule has 1 aromatic heterocycles. The lowest BCUT2D eigenvalue weighted by atomic mass is 9.94. The third-order valence-electron chi connectivity index (χ3n) is 3.77. The molecule has 1 N–H and O–H groups in total. The summed E-state index contributed by atoms with van der Waals surface area (Å²) in [5, 5.41) is 8.18. The molecule has 1 aliphatic heterocycles. The van der Waals surface area contributed by atoms with E-state index in [-0.39, 0.29) is 17.7 Å². The van der Waals surface area contributed by atoms with Crippen LogP contribution in [0.15, 0.2) is 0 Å². The maximum atomic E-state index is 12.5. The Labute approximate surface area is 124 Å². The van der Waals surface area contributed by atoms with Crippen molar-refractivity contribution in [3.63, 3.8) is 0 Å². The maximum Gasteiger partial charge on any atom is 0.144 e. The van der Waals surface area contributed by atoms with Crippen molar-refractivity contribution in [2.24, 2.45) is 13.0 Å². The fraction of sp³-hybridized carbons (Fsp3) is 0.714. The van der Waals surface area contributed by atoms with Gasteiger partial charge in [-0.05, 0) is 19.9 Å². The van der Waals surface area contributed by atoms with Gasteiger partial charge in [-0.15, -0.1) is 0 Å². The van der Waals surface area contributed by atoms with Crippen molar-refractivity contribution in [1.82, 2.24) is 15.1 Å². The molecule has 0 saturated carbocycles. The fourth-order valence-corrected chi connectivity index (χ4v) is 2.82. The molecule has 1 fully saturated rings. The molecule has 1 aromatic rings. The van der Waals surface area contributed by atoms with Crippen molar-refractivity contribution in [2.75, 3.05) is 19.8 Å². The first-order valence-corrected chi connectivity index (χ1v) is 7.44. The first kappa shape index (κ1) is 15.5. The third-order valence-corrected chi connectivity index (χ3v) is 4.24. The molecular formula is C14H22ClN3O2. The Hall–Kier alpha value is -0.910. The highest BCUT2D eigenvalue weighted by molar-refractivity contribution is 6.30. The Balaban J connectivity index is 2.04. The normalized spacial score (nSPS) is 22.4. The zero-order valence-corrected chi connectivity index (χ0v) is 13.0. The molecule has 112 valence electrons. The monoisotopic (exact) mass is 299 g/mol. The first-order chi connectivity index (χ1) is 9.54. The van der Waals surface area contributed by atoms with Gasteiger partial charge in [0.2, 0.25) is 0 Å². The molecule has 0 aliphatic carbocycles. The van der Waals surface area contributed by atoms with E-state index in [9.17, 15) is 4.79 Å². The van der Waals surface area contributed by atoms with Gasteiger partial charge in [-0.1, -0.05) is 18.5 Å². The second-order valence-corrected chi connectivity index (χ2v) is 5.68. The molecular weight excluding hydrogens is 278 g/mol. The lowest BCUT2D eigenvalue weighted by Crippen LogP contribution is -2.40. The molecule has 2 heterocycles. The minimum absolute atomic E-state index is 0.0859. The smallest absolute Gasteiger partial charge is 0.144 e. The van der Waals surface area contributed by atoms with Gasteiger partial charge in [0.15, 0.2) is 0 Å². The van der Waals surface area contributed by atoms with Gasteiger partial charge in [-0.25, -0.2) is 0 Å². The summed E-state index contributed by atoms with van der Waals surface area (Å²) in [7, 11) is 1.79. The van der Waals surface area contributed by atoms with E-state index < -0.39 is 0 Å². The predicted octanol–water partition coefficient (Wildman–Crippen LogP) is 1.51. The number of hydrogen-bond donors (Lipinski definition) is 1. The van der Waals surface area contributed by atoms with Crippen LogP contribution < -0.4 is 5.32 Å². The molecule has 5 nitrogen and oxygen atoms in total. The Morgan fingerprint density at radius 3 is 2.90 bits per heavy atom. The molecule has 0 spiro atoms. The highest BCUT2D eigenvalue weighted by Crippen LogP contribution is 2.23. The quantitative estimate of drug-likeness (QED) is 0.865. The van der Waals surface area contributed by atoms with Crippen molar-refractivity contribution in [1.29, 1.82) is 0 Å². The Kier molecular flexibility index (Phi) is 5.18. The molecule has 2 atom stereocenters. The van der Waals surface area contributed by atoms with E-state index in [1.807, 2.05) is 6.92 Å². The van der Waals surface area contributed by atoms with Crippen LogP contribution in [0.1, 0.15) is 24.6 Å². The summed E-state index contributed by atoms with van der Waals surface area (Å²) in [6, 6.07) is 0.123. The Morgan fingerprint density at radius 1 is 1.55 bits per heavy atom. The van der Waals surface area contributed by atoms with Gasteiger partial charge in [-0.3, -0.25) is 9.48 Å². The van der Waals surface area contributed by atoms with E-state index in [1.165, 1.54) is 0 Å². The third kappa shape index (κ3) is 3.22. The van der Waals surface area contributed by atoms with Crippen molar-refractivity contribution >= 4 is 17.4 Å². The number of ketones is 1. The van der Waals surface area contributed by atoms with Gasteiger partial charge in [0, 0.05) is 25.1 Å².